The van der Waals surface area contributed by atoms with Crippen molar-refractivity contribution in [3.05, 3.63) is 83.7 Å². The van der Waals surface area contributed by atoms with E-state index in [-0.39, 0.29) is 5.69 Å². The lowest BCUT2D eigenvalue weighted by atomic mass is 10.1. The molecule has 0 radical (unpaired) electrons. The van der Waals surface area contributed by atoms with Crippen LogP contribution in [0.4, 0.5) is 15.8 Å². The summed E-state index contributed by atoms with van der Waals surface area (Å²) in [7, 11) is 0. The van der Waals surface area contributed by atoms with Gasteiger partial charge in [-0.15, -0.1) is 0 Å². The summed E-state index contributed by atoms with van der Waals surface area (Å²) in [4.78, 5) is 32.7. The zero-order valence-electron chi connectivity index (χ0n) is 22.3. The summed E-state index contributed by atoms with van der Waals surface area (Å²) in [6.45, 7) is 4.53. The molecule has 0 aliphatic carbocycles. The molecule has 9 nitrogen and oxygen atoms in total. The van der Waals surface area contributed by atoms with Crippen LogP contribution in [-0.4, -0.2) is 61.2 Å². The molecular formula is C31H29FN4O5. The highest BCUT2D eigenvalue weighted by Gasteiger charge is 2.17. The van der Waals surface area contributed by atoms with Crippen LogP contribution in [0.3, 0.4) is 0 Å². The van der Waals surface area contributed by atoms with Gasteiger partial charge in [0, 0.05) is 34.8 Å². The highest BCUT2D eigenvalue weighted by Crippen LogP contribution is 2.31. The molecule has 0 spiro atoms. The number of carbonyl (C=O) groups is 2. The standard InChI is InChI=1S/C31H29FN4O5/c32-24-7-6-23(33-30(37)22-4-9-27-28(18-22)40-16-15-39-27)19-26(24)35-31(38)21-3-8-25-20(17-21)5-10-29(34-25)41-14-13-36-11-1-2-12-36/h3-10,17-19H,1-2,11-16H2,(H,33,37)(H,35,38). The number of likely N-dealkylation sites (tertiary alicyclic amines) is 1. The lowest BCUT2D eigenvalue weighted by Crippen LogP contribution is -2.25. The quantitative estimate of drug-likeness (QED) is 0.311. The second-order valence-electron chi connectivity index (χ2n) is 9.92. The highest BCUT2D eigenvalue weighted by molar-refractivity contribution is 6.07. The average Bonchev–Trinajstić information content (AvgIpc) is 3.52. The predicted molar refractivity (Wildman–Crippen MR) is 153 cm³/mol. The van der Waals surface area contributed by atoms with E-state index in [1.807, 2.05) is 6.07 Å². The second kappa shape index (κ2) is 11.8. The predicted octanol–water partition coefficient (Wildman–Crippen LogP) is 5.12. The van der Waals surface area contributed by atoms with Gasteiger partial charge in [-0.05, 0) is 86.6 Å². The van der Waals surface area contributed by atoms with E-state index in [0.717, 1.165) is 25.0 Å². The molecular weight excluding hydrogens is 527 g/mol. The van der Waals surface area contributed by atoms with Crippen molar-refractivity contribution >= 4 is 34.1 Å². The smallest absolute Gasteiger partial charge is 0.255 e. The topological polar surface area (TPSA) is 102 Å². The molecule has 0 bridgehead atoms. The minimum absolute atomic E-state index is 0.0602. The number of aromatic nitrogens is 1. The normalized spacial score (nSPS) is 14.6. The van der Waals surface area contributed by atoms with Gasteiger partial charge in [0.25, 0.3) is 11.8 Å². The van der Waals surface area contributed by atoms with E-state index < -0.39 is 17.6 Å². The third-order valence-electron chi connectivity index (χ3n) is 7.06. The van der Waals surface area contributed by atoms with Gasteiger partial charge in [0.2, 0.25) is 5.88 Å². The number of rotatable bonds is 8. The summed E-state index contributed by atoms with van der Waals surface area (Å²) in [5.41, 5.74) is 1.65. The van der Waals surface area contributed by atoms with E-state index >= 15 is 0 Å². The van der Waals surface area contributed by atoms with Crippen LogP contribution in [0, 0.1) is 5.82 Å². The van der Waals surface area contributed by atoms with E-state index in [1.165, 1.54) is 31.0 Å². The summed E-state index contributed by atoms with van der Waals surface area (Å²) in [5, 5.41) is 6.08. The summed E-state index contributed by atoms with van der Waals surface area (Å²) in [6.07, 6.45) is 2.47. The first kappa shape index (κ1) is 26.5. The molecule has 1 saturated heterocycles. The van der Waals surface area contributed by atoms with E-state index in [1.54, 1.807) is 42.5 Å². The zero-order chi connectivity index (χ0) is 28.2. The van der Waals surface area contributed by atoms with Gasteiger partial charge < -0.3 is 24.8 Å². The van der Waals surface area contributed by atoms with Crippen molar-refractivity contribution in [2.24, 2.45) is 0 Å². The zero-order valence-corrected chi connectivity index (χ0v) is 22.3. The Bertz CT molecular complexity index is 1610. The van der Waals surface area contributed by atoms with E-state index in [0.29, 0.717) is 59.5 Å². The second-order valence-corrected chi connectivity index (χ2v) is 9.92. The maximum atomic E-state index is 14.6. The SMILES string of the molecule is O=C(Nc1ccc(F)c(NC(=O)c2ccc3nc(OCCN4CCCC4)ccc3c2)c1)c1ccc2c(c1)OCCO2. The largest absolute Gasteiger partial charge is 0.486 e. The molecule has 1 fully saturated rings. The van der Waals surface area contributed by atoms with Gasteiger partial charge in [0.1, 0.15) is 25.6 Å². The van der Waals surface area contributed by atoms with E-state index in [4.69, 9.17) is 14.2 Å². The number of carbonyl (C=O) groups excluding carboxylic acids is 2. The van der Waals surface area contributed by atoms with Crippen LogP contribution >= 0.6 is 0 Å². The maximum absolute atomic E-state index is 14.6. The Morgan fingerprint density at radius 3 is 2.46 bits per heavy atom. The molecule has 0 unspecified atom stereocenters. The Balaban J connectivity index is 1.10. The molecule has 1 aromatic heterocycles. The summed E-state index contributed by atoms with van der Waals surface area (Å²) < 4.78 is 31.5. The number of fused-ring (bicyclic) bond motifs is 2. The number of nitrogens with one attached hydrogen (secondary N) is 2. The van der Waals surface area contributed by atoms with Gasteiger partial charge in [0.05, 0.1) is 11.2 Å². The van der Waals surface area contributed by atoms with Crippen LogP contribution < -0.4 is 24.8 Å². The van der Waals surface area contributed by atoms with Gasteiger partial charge in [0.15, 0.2) is 11.5 Å². The van der Waals surface area contributed by atoms with Gasteiger partial charge >= 0.3 is 0 Å². The lowest BCUT2D eigenvalue weighted by molar-refractivity contribution is 0.101. The molecule has 2 aliphatic heterocycles. The Morgan fingerprint density at radius 1 is 0.854 bits per heavy atom. The lowest BCUT2D eigenvalue weighted by Gasteiger charge is -2.18. The van der Waals surface area contributed by atoms with E-state index in [9.17, 15) is 14.0 Å². The van der Waals surface area contributed by atoms with Crippen molar-refractivity contribution in [1.29, 1.82) is 0 Å². The van der Waals surface area contributed by atoms with Gasteiger partial charge in [-0.2, -0.15) is 0 Å². The number of hydrogen-bond acceptors (Lipinski definition) is 7. The van der Waals surface area contributed by atoms with Crippen LogP contribution in [0.5, 0.6) is 17.4 Å². The Kier molecular flexibility index (Phi) is 7.64. The van der Waals surface area contributed by atoms with Gasteiger partial charge in [-0.25, -0.2) is 9.37 Å². The number of benzene rings is 3. The number of halogens is 1. The molecule has 10 heteroatoms. The van der Waals surface area contributed by atoms with Crippen molar-refractivity contribution in [2.75, 3.05) is 50.1 Å². The molecule has 6 rings (SSSR count). The van der Waals surface area contributed by atoms with Crippen molar-refractivity contribution in [3.8, 4) is 17.4 Å². The van der Waals surface area contributed by atoms with Crippen LogP contribution in [0.15, 0.2) is 66.7 Å². The van der Waals surface area contributed by atoms with Gasteiger partial charge in [-0.1, -0.05) is 0 Å². The monoisotopic (exact) mass is 556 g/mol. The number of hydrogen-bond donors (Lipinski definition) is 2. The Morgan fingerprint density at radius 2 is 1.61 bits per heavy atom. The number of pyridine rings is 1. The molecule has 0 atom stereocenters. The van der Waals surface area contributed by atoms with E-state index in [2.05, 4.69) is 20.5 Å². The fourth-order valence-corrected chi connectivity index (χ4v) is 4.90. The molecule has 4 aromatic rings. The first-order chi connectivity index (χ1) is 20.0. The fraction of sp³-hybridized carbons (Fsp3) is 0.258. The Labute approximate surface area is 236 Å². The van der Waals surface area contributed by atoms with Crippen molar-refractivity contribution < 1.29 is 28.2 Å². The van der Waals surface area contributed by atoms with Crippen molar-refractivity contribution in [1.82, 2.24) is 9.88 Å². The minimum atomic E-state index is -0.631. The molecule has 210 valence electrons. The third-order valence-corrected chi connectivity index (χ3v) is 7.06. The first-order valence-corrected chi connectivity index (χ1v) is 13.6. The molecule has 3 aromatic carbocycles. The van der Waals surface area contributed by atoms with Crippen LogP contribution in [0.2, 0.25) is 0 Å². The van der Waals surface area contributed by atoms with Gasteiger partial charge in [-0.3, -0.25) is 14.5 Å². The molecule has 41 heavy (non-hydrogen) atoms. The summed E-state index contributed by atoms with van der Waals surface area (Å²) in [6, 6.07) is 17.5. The van der Waals surface area contributed by atoms with Crippen LogP contribution in [0.25, 0.3) is 10.9 Å². The summed E-state index contributed by atoms with van der Waals surface area (Å²) in [5.74, 6) is 0.0628. The third kappa shape index (κ3) is 6.22. The number of ether oxygens (including phenoxy) is 3. The van der Waals surface area contributed by atoms with Crippen molar-refractivity contribution in [3.63, 3.8) is 0 Å². The maximum Gasteiger partial charge on any atom is 0.255 e. The van der Waals surface area contributed by atoms with Crippen molar-refractivity contribution in [2.45, 2.75) is 12.8 Å². The molecule has 2 amide bonds. The number of nitrogens with zero attached hydrogens (tertiary/aromatic N) is 2. The Hall–Kier alpha value is -4.70. The number of amides is 2. The minimum Gasteiger partial charge on any atom is -0.486 e. The molecule has 2 aliphatic rings. The van der Waals surface area contributed by atoms with Crippen LogP contribution in [0.1, 0.15) is 33.6 Å². The molecule has 2 N–H and O–H groups in total. The average molecular weight is 557 g/mol. The fourth-order valence-electron chi connectivity index (χ4n) is 4.90. The number of anilines is 2. The first-order valence-electron chi connectivity index (χ1n) is 13.6. The van der Waals surface area contributed by atoms with Crippen LogP contribution in [-0.2, 0) is 0 Å². The molecule has 3 heterocycles. The molecule has 0 saturated carbocycles. The highest BCUT2D eigenvalue weighted by atomic mass is 19.1. The summed E-state index contributed by atoms with van der Waals surface area (Å²) >= 11 is 0.